The van der Waals surface area contributed by atoms with E-state index < -0.39 is 0 Å². The highest BCUT2D eigenvalue weighted by Gasteiger charge is 2.06. The van der Waals surface area contributed by atoms with Crippen LogP contribution in [0, 0.1) is 12.3 Å². The van der Waals surface area contributed by atoms with Crippen LogP contribution >= 0.6 is 0 Å². The van der Waals surface area contributed by atoms with Gasteiger partial charge in [-0.25, -0.2) is 0 Å². The molecule has 1 rings (SSSR count). The van der Waals surface area contributed by atoms with Gasteiger partial charge in [-0.1, -0.05) is 25.0 Å². The van der Waals surface area contributed by atoms with Crippen molar-refractivity contribution in [3.63, 3.8) is 0 Å². The summed E-state index contributed by atoms with van der Waals surface area (Å²) in [5.74, 6) is 4.62. The minimum absolute atomic E-state index is 0.471. The number of nitrogens with one attached hydrogen (secondary N) is 2. The van der Waals surface area contributed by atoms with Crippen molar-refractivity contribution in [3.8, 4) is 18.1 Å². The molecule has 20 heavy (non-hydrogen) atoms. The molecule has 4 nitrogen and oxygen atoms in total. The first-order valence-corrected chi connectivity index (χ1v) is 6.73. The zero-order valence-corrected chi connectivity index (χ0v) is 12.4. The molecule has 0 saturated carbocycles. The Bertz CT molecular complexity index is 460. The lowest BCUT2D eigenvalue weighted by atomic mass is 9.98. The fourth-order valence-electron chi connectivity index (χ4n) is 1.86. The fourth-order valence-corrected chi connectivity index (χ4v) is 1.86. The molecule has 0 aliphatic heterocycles. The van der Waals surface area contributed by atoms with Crippen molar-refractivity contribution < 1.29 is 4.74 Å². The van der Waals surface area contributed by atoms with E-state index in [4.69, 9.17) is 11.2 Å². The molecule has 0 aliphatic carbocycles. The van der Waals surface area contributed by atoms with Crippen molar-refractivity contribution in [1.82, 2.24) is 10.6 Å². The third-order valence-electron chi connectivity index (χ3n) is 3.14. The van der Waals surface area contributed by atoms with E-state index in [1.165, 1.54) is 5.56 Å². The number of aliphatic imine (C=N–C) groups is 1. The number of methoxy groups -OCH3 is 1. The van der Waals surface area contributed by atoms with E-state index in [0.717, 1.165) is 24.7 Å². The van der Waals surface area contributed by atoms with Gasteiger partial charge in [0.2, 0.25) is 0 Å². The maximum atomic E-state index is 5.20. The summed E-state index contributed by atoms with van der Waals surface area (Å²) in [6, 6.07) is 8.20. The van der Waals surface area contributed by atoms with Crippen LogP contribution < -0.4 is 15.4 Å². The first-order chi connectivity index (χ1) is 9.71. The van der Waals surface area contributed by atoms with E-state index >= 15 is 0 Å². The van der Waals surface area contributed by atoms with E-state index in [1.807, 2.05) is 12.1 Å². The van der Waals surface area contributed by atoms with Gasteiger partial charge < -0.3 is 15.4 Å². The number of rotatable bonds is 6. The van der Waals surface area contributed by atoms with Crippen molar-refractivity contribution in [2.75, 3.05) is 27.2 Å². The maximum Gasteiger partial charge on any atom is 0.191 e. The summed E-state index contributed by atoms with van der Waals surface area (Å²) < 4.78 is 5.16. The largest absolute Gasteiger partial charge is 0.497 e. The predicted molar refractivity (Wildman–Crippen MR) is 84.2 cm³/mol. The second-order valence-electron chi connectivity index (χ2n) is 4.52. The fraction of sp³-hybridized carbons (Fsp3) is 0.438. The van der Waals surface area contributed by atoms with E-state index in [-0.39, 0.29) is 0 Å². The molecule has 1 aromatic carbocycles. The Balaban J connectivity index is 2.38. The van der Waals surface area contributed by atoms with E-state index in [1.54, 1.807) is 14.2 Å². The summed E-state index contributed by atoms with van der Waals surface area (Å²) in [7, 11) is 3.41. The Morgan fingerprint density at radius 2 is 2.05 bits per heavy atom. The maximum absolute atomic E-state index is 5.20. The average molecular weight is 273 g/mol. The van der Waals surface area contributed by atoms with Crippen molar-refractivity contribution in [2.45, 2.75) is 19.3 Å². The summed E-state index contributed by atoms with van der Waals surface area (Å²) in [5, 5.41) is 6.28. The zero-order valence-electron chi connectivity index (χ0n) is 12.4. The summed E-state index contributed by atoms with van der Waals surface area (Å²) in [5.41, 5.74) is 1.30. The first-order valence-electron chi connectivity index (χ1n) is 6.73. The molecule has 1 unspecified atom stereocenters. The van der Waals surface area contributed by atoms with E-state index in [2.05, 4.69) is 40.6 Å². The molecule has 108 valence electrons. The van der Waals surface area contributed by atoms with Gasteiger partial charge in [-0.2, -0.15) is 0 Å². The molecule has 0 spiro atoms. The Morgan fingerprint density at radius 1 is 1.35 bits per heavy atom. The summed E-state index contributed by atoms with van der Waals surface area (Å²) in [6.45, 7) is 3.53. The minimum Gasteiger partial charge on any atom is -0.497 e. The number of hydrogen-bond donors (Lipinski definition) is 2. The molecule has 1 aromatic rings. The molecular formula is C16H23N3O. The second kappa shape index (κ2) is 8.87. The monoisotopic (exact) mass is 273 g/mol. The molecule has 0 saturated heterocycles. The Hall–Kier alpha value is -2.15. The number of guanidine groups is 1. The molecule has 0 aliphatic rings. The van der Waals surface area contributed by atoms with Crippen molar-refractivity contribution in [2.24, 2.45) is 4.99 Å². The van der Waals surface area contributed by atoms with Crippen LogP contribution in [0.3, 0.4) is 0 Å². The van der Waals surface area contributed by atoms with Crippen molar-refractivity contribution in [3.05, 3.63) is 29.8 Å². The zero-order chi connectivity index (χ0) is 14.8. The van der Waals surface area contributed by atoms with Gasteiger partial charge in [0, 0.05) is 13.6 Å². The molecule has 2 N–H and O–H groups in total. The van der Waals surface area contributed by atoms with Gasteiger partial charge in [0.25, 0.3) is 0 Å². The van der Waals surface area contributed by atoms with Crippen molar-refractivity contribution >= 4 is 5.96 Å². The topological polar surface area (TPSA) is 45.7 Å². The predicted octanol–water partition coefficient (Wildman–Crippen LogP) is 1.99. The third kappa shape index (κ3) is 5.23. The average Bonchev–Trinajstić information content (AvgIpc) is 2.50. The Kier molecular flexibility index (Phi) is 7.05. The van der Waals surface area contributed by atoms with Crippen LogP contribution in [-0.4, -0.2) is 33.2 Å². The molecule has 1 atom stereocenters. The number of nitrogens with zero attached hydrogens (tertiary/aromatic N) is 1. The lowest BCUT2D eigenvalue weighted by molar-refractivity contribution is 0.414. The lowest BCUT2D eigenvalue weighted by Crippen LogP contribution is -2.38. The normalized spacial score (nSPS) is 12.4. The summed E-state index contributed by atoms with van der Waals surface area (Å²) in [4.78, 5) is 4.10. The molecule has 0 fully saturated rings. The molecule has 0 bridgehead atoms. The van der Waals surface area contributed by atoms with E-state index in [0.29, 0.717) is 12.5 Å². The van der Waals surface area contributed by atoms with Gasteiger partial charge in [0.05, 0.1) is 13.7 Å². The first kappa shape index (κ1) is 15.9. The minimum atomic E-state index is 0.471. The highest BCUT2D eigenvalue weighted by molar-refractivity contribution is 5.79. The van der Waals surface area contributed by atoms with Gasteiger partial charge in [0.15, 0.2) is 5.96 Å². The molecule has 0 radical (unpaired) electrons. The lowest BCUT2D eigenvalue weighted by Gasteiger charge is -2.14. The third-order valence-corrected chi connectivity index (χ3v) is 3.14. The van der Waals surface area contributed by atoms with Gasteiger partial charge in [-0.15, -0.1) is 6.42 Å². The van der Waals surface area contributed by atoms with Crippen LogP contribution in [0.4, 0.5) is 0 Å². The number of hydrogen-bond acceptors (Lipinski definition) is 2. The highest BCUT2D eigenvalue weighted by atomic mass is 16.5. The van der Waals surface area contributed by atoms with Crippen LogP contribution in [0.1, 0.15) is 24.8 Å². The van der Waals surface area contributed by atoms with Gasteiger partial charge in [0.1, 0.15) is 5.75 Å². The molecule has 0 amide bonds. The molecule has 0 heterocycles. The van der Waals surface area contributed by atoms with Crippen LogP contribution in [0.5, 0.6) is 5.75 Å². The Labute approximate surface area is 121 Å². The summed E-state index contributed by atoms with van der Waals surface area (Å²) >= 11 is 0. The molecule has 0 aromatic heterocycles. The van der Waals surface area contributed by atoms with Gasteiger partial charge in [-0.05, 0) is 30.0 Å². The SMILES string of the molecule is C#CCNC(=NC)NCCC(C)c1ccc(OC)cc1. The van der Waals surface area contributed by atoms with Crippen LogP contribution in [0.15, 0.2) is 29.3 Å². The number of benzene rings is 1. The number of ether oxygens (including phenoxy) is 1. The van der Waals surface area contributed by atoms with Crippen LogP contribution in [-0.2, 0) is 0 Å². The molecule has 4 heteroatoms. The van der Waals surface area contributed by atoms with Crippen molar-refractivity contribution in [1.29, 1.82) is 0 Å². The van der Waals surface area contributed by atoms with Gasteiger partial charge >= 0.3 is 0 Å². The highest BCUT2D eigenvalue weighted by Crippen LogP contribution is 2.21. The standard InChI is InChI=1S/C16H23N3O/c1-5-11-18-16(17-3)19-12-10-13(2)14-6-8-15(20-4)9-7-14/h1,6-9,13H,10-12H2,2-4H3,(H2,17,18,19). The quantitative estimate of drug-likeness (QED) is 0.473. The number of terminal acetylenes is 1. The summed E-state index contributed by atoms with van der Waals surface area (Å²) in [6.07, 6.45) is 6.22. The second-order valence-corrected chi connectivity index (χ2v) is 4.52. The van der Waals surface area contributed by atoms with Crippen LogP contribution in [0.25, 0.3) is 0 Å². The Morgan fingerprint density at radius 3 is 2.60 bits per heavy atom. The molecular weight excluding hydrogens is 250 g/mol. The van der Waals surface area contributed by atoms with Gasteiger partial charge in [-0.3, -0.25) is 4.99 Å². The van der Waals surface area contributed by atoms with Crippen LogP contribution in [0.2, 0.25) is 0 Å². The van der Waals surface area contributed by atoms with E-state index in [9.17, 15) is 0 Å². The smallest absolute Gasteiger partial charge is 0.191 e.